The monoisotopic (exact) mass is 301 g/mol. The highest BCUT2D eigenvalue weighted by atomic mass is 32.1. The van der Waals surface area contributed by atoms with E-state index in [2.05, 4.69) is 15.3 Å². The highest BCUT2D eigenvalue weighted by molar-refractivity contribution is 7.13. The van der Waals surface area contributed by atoms with Crippen LogP contribution in [0.5, 0.6) is 0 Å². The zero-order chi connectivity index (χ0) is 13.9. The summed E-state index contributed by atoms with van der Waals surface area (Å²) in [6, 6.07) is 7.64. The standard InChI is InChI=1S/C14H11N3OS2/c1-9-16-12(8-20-9)13(18)17-11-4-2-3-10(7-11)14-15-5-6-19-14/h2-8H,1H3,(H,17,18). The molecule has 1 amide bonds. The lowest BCUT2D eigenvalue weighted by atomic mass is 10.2. The summed E-state index contributed by atoms with van der Waals surface area (Å²) < 4.78 is 0. The molecule has 0 spiro atoms. The Balaban J connectivity index is 1.81. The zero-order valence-electron chi connectivity index (χ0n) is 10.7. The van der Waals surface area contributed by atoms with E-state index >= 15 is 0 Å². The zero-order valence-corrected chi connectivity index (χ0v) is 12.3. The summed E-state index contributed by atoms with van der Waals surface area (Å²) in [5.74, 6) is -0.189. The van der Waals surface area contributed by atoms with Crippen molar-refractivity contribution in [2.45, 2.75) is 6.92 Å². The predicted octanol–water partition coefficient (Wildman–Crippen LogP) is 3.83. The fourth-order valence-electron chi connectivity index (χ4n) is 1.76. The summed E-state index contributed by atoms with van der Waals surface area (Å²) in [4.78, 5) is 20.5. The first-order valence-corrected chi connectivity index (χ1v) is 7.72. The molecule has 6 heteroatoms. The van der Waals surface area contributed by atoms with E-state index in [0.717, 1.165) is 21.3 Å². The number of nitrogens with one attached hydrogen (secondary N) is 1. The summed E-state index contributed by atoms with van der Waals surface area (Å²) in [7, 11) is 0. The summed E-state index contributed by atoms with van der Waals surface area (Å²) >= 11 is 3.03. The number of benzene rings is 1. The lowest BCUT2D eigenvalue weighted by Crippen LogP contribution is -2.12. The van der Waals surface area contributed by atoms with Crippen molar-refractivity contribution in [2.75, 3.05) is 5.32 Å². The summed E-state index contributed by atoms with van der Waals surface area (Å²) in [5.41, 5.74) is 2.19. The van der Waals surface area contributed by atoms with Crippen LogP contribution in [-0.2, 0) is 0 Å². The smallest absolute Gasteiger partial charge is 0.275 e. The molecule has 0 bridgehead atoms. The summed E-state index contributed by atoms with van der Waals surface area (Å²) in [6.07, 6.45) is 1.77. The molecule has 0 saturated heterocycles. The van der Waals surface area contributed by atoms with Crippen molar-refractivity contribution in [2.24, 2.45) is 0 Å². The first-order valence-electron chi connectivity index (χ1n) is 5.96. The Morgan fingerprint density at radius 2 is 2.20 bits per heavy atom. The van der Waals surface area contributed by atoms with Crippen LogP contribution in [0, 0.1) is 6.92 Å². The normalized spacial score (nSPS) is 10.4. The Kier molecular flexibility index (Phi) is 3.58. The van der Waals surface area contributed by atoms with Crippen LogP contribution >= 0.6 is 22.7 Å². The third kappa shape index (κ3) is 2.76. The van der Waals surface area contributed by atoms with Crippen molar-refractivity contribution < 1.29 is 4.79 Å². The van der Waals surface area contributed by atoms with Gasteiger partial charge in [-0.3, -0.25) is 4.79 Å². The Morgan fingerprint density at radius 3 is 2.90 bits per heavy atom. The van der Waals surface area contributed by atoms with E-state index in [-0.39, 0.29) is 5.91 Å². The molecule has 3 aromatic rings. The van der Waals surface area contributed by atoms with E-state index in [0.29, 0.717) is 5.69 Å². The minimum atomic E-state index is -0.189. The third-order valence-electron chi connectivity index (χ3n) is 2.65. The minimum Gasteiger partial charge on any atom is -0.321 e. The van der Waals surface area contributed by atoms with E-state index < -0.39 is 0 Å². The molecular formula is C14H11N3OS2. The van der Waals surface area contributed by atoms with Gasteiger partial charge in [0, 0.05) is 28.2 Å². The fraction of sp³-hybridized carbons (Fsp3) is 0.0714. The molecule has 0 saturated carbocycles. The molecule has 0 aliphatic heterocycles. The number of amides is 1. The topological polar surface area (TPSA) is 54.9 Å². The average molecular weight is 301 g/mol. The van der Waals surface area contributed by atoms with Crippen LogP contribution in [0.15, 0.2) is 41.2 Å². The molecule has 4 nitrogen and oxygen atoms in total. The van der Waals surface area contributed by atoms with Gasteiger partial charge in [0.2, 0.25) is 0 Å². The molecule has 1 N–H and O–H groups in total. The average Bonchev–Trinajstić information content (AvgIpc) is 3.10. The molecule has 1 aromatic carbocycles. The number of nitrogens with zero attached hydrogens (tertiary/aromatic N) is 2. The molecule has 0 atom stereocenters. The SMILES string of the molecule is Cc1nc(C(=O)Nc2cccc(-c3nccs3)c2)cs1. The Labute approximate surface area is 124 Å². The number of hydrogen-bond acceptors (Lipinski definition) is 5. The molecule has 20 heavy (non-hydrogen) atoms. The van der Waals surface area contributed by atoms with Crippen molar-refractivity contribution in [1.82, 2.24) is 9.97 Å². The van der Waals surface area contributed by atoms with Crippen LogP contribution in [0.25, 0.3) is 10.6 Å². The van der Waals surface area contributed by atoms with Gasteiger partial charge in [-0.25, -0.2) is 9.97 Å². The highest BCUT2D eigenvalue weighted by Gasteiger charge is 2.10. The van der Waals surface area contributed by atoms with Crippen LogP contribution in [-0.4, -0.2) is 15.9 Å². The number of thiazole rings is 2. The first kappa shape index (κ1) is 13.0. The number of anilines is 1. The van der Waals surface area contributed by atoms with Gasteiger partial charge in [-0.05, 0) is 19.1 Å². The van der Waals surface area contributed by atoms with Crippen molar-refractivity contribution in [1.29, 1.82) is 0 Å². The van der Waals surface area contributed by atoms with Crippen molar-refractivity contribution in [3.63, 3.8) is 0 Å². The predicted molar refractivity (Wildman–Crippen MR) is 82.4 cm³/mol. The lowest BCUT2D eigenvalue weighted by molar-refractivity contribution is 0.102. The molecular weight excluding hydrogens is 290 g/mol. The Hall–Kier alpha value is -2.05. The maximum Gasteiger partial charge on any atom is 0.275 e. The number of carbonyl (C=O) groups excluding carboxylic acids is 1. The third-order valence-corrected chi connectivity index (χ3v) is 4.25. The maximum absolute atomic E-state index is 12.0. The van der Waals surface area contributed by atoms with Crippen LogP contribution in [0.4, 0.5) is 5.69 Å². The van der Waals surface area contributed by atoms with Crippen LogP contribution in [0.2, 0.25) is 0 Å². The largest absolute Gasteiger partial charge is 0.321 e. The van der Waals surface area contributed by atoms with E-state index in [9.17, 15) is 4.79 Å². The number of aromatic nitrogens is 2. The number of rotatable bonds is 3. The highest BCUT2D eigenvalue weighted by Crippen LogP contribution is 2.24. The van der Waals surface area contributed by atoms with Crippen molar-refractivity contribution >= 4 is 34.3 Å². The van der Waals surface area contributed by atoms with Gasteiger partial charge >= 0.3 is 0 Å². The molecule has 3 rings (SSSR count). The molecule has 0 fully saturated rings. The Morgan fingerprint density at radius 1 is 1.30 bits per heavy atom. The second kappa shape index (κ2) is 5.52. The van der Waals surface area contributed by atoms with Gasteiger partial charge < -0.3 is 5.32 Å². The summed E-state index contributed by atoms with van der Waals surface area (Å²) in [5, 5.41) is 8.36. The lowest BCUT2D eigenvalue weighted by Gasteiger charge is -2.04. The Bertz CT molecular complexity index is 734. The van der Waals surface area contributed by atoms with Crippen LogP contribution in [0.1, 0.15) is 15.5 Å². The van der Waals surface area contributed by atoms with Gasteiger partial charge in [0.15, 0.2) is 0 Å². The van der Waals surface area contributed by atoms with Gasteiger partial charge in [0.05, 0.1) is 5.01 Å². The molecule has 0 aliphatic rings. The molecule has 0 unspecified atom stereocenters. The van der Waals surface area contributed by atoms with E-state index in [1.807, 2.05) is 36.6 Å². The van der Waals surface area contributed by atoms with Gasteiger partial charge in [0.25, 0.3) is 5.91 Å². The number of carbonyl (C=O) groups is 1. The fourth-order valence-corrected chi connectivity index (χ4v) is 2.99. The second-order valence-corrected chi connectivity index (χ2v) is 6.08. The van der Waals surface area contributed by atoms with Crippen molar-refractivity contribution in [3.8, 4) is 10.6 Å². The van der Waals surface area contributed by atoms with Gasteiger partial charge in [-0.2, -0.15) is 0 Å². The first-order chi connectivity index (χ1) is 9.72. The van der Waals surface area contributed by atoms with Crippen LogP contribution in [0.3, 0.4) is 0 Å². The van der Waals surface area contributed by atoms with Crippen molar-refractivity contribution in [3.05, 3.63) is 51.9 Å². The molecule has 100 valence electrons. The maximum atomic E-state index is 12.0. The quantitative estimate of drug-likeness (QED) is 0.800. The molecule has 2 heterocycles. The number of aryl methyl sites for hydroxylation is 1. The van der Waals surface area contributed by atoms with Gasteiger partial charge in [0.1, 0.15) is 10.7 Å². The van der Waals surface area contributed by atoms with E-state index in [1.54, 1.807) is 22.9 Å². The summed E-state index contributed by atoms with van der Waals surface area (Å²) in [6.45, 7) is 1.88. The van der Waals surface area contributed by atoms with E-state index in [1.165, 1.54) is 11.3 Å². The molecule has 0 radical (unpaired) electrons. The van der Waals surface area contributed by atoms with Gasteiger partial charge in [-0.1, -0.05) is 12.1 Å². The van der Waals surface area contributed by atoms with E-state index in [4.69, 9.17) is 0 Å². The number of hydrogen-bond donors (Lipinski definition) is 1. The second-order valence-electron chi connectivity index (χ2n) is 4.12. The molecule has 2 aromatic heterocycles. The van der Waals surface area contributed by atoms with Gasteiger partial charge in [-0.15, -0.1) is 22.7 Å². The molecule has 0 aliphatic carbocycles. The minimum absolute atomic E-state index is 0.189. The van der Waals surface area contributed by atoms with Crippen LogP contribution < -0.4 is 5.32 Å².